The van der Waals surface area contributed by atoms with Crippen LogP contribution in [-0.4, -0.2) is 52.2 Å². The van der Waals surface area contributed by atoms with Crippen LogP contribution in [0.25, 0.3) is 0 Å². The smallest absolute Gasteiger partial charge is 0.223 e. The van der Waals surface area contributed by atoms with E-state index in [1.54, 1.807) is 0 Å². The first-order chi connectivity index (χ1) is 18.9. The predicted molar refractivity (Wildman–Crippen MR) is 156 cm³/mol. The van der Waals surface area contributed by atoms with Crippen molar-refractivity contribution in [3.8, 4) is 5.75 Å². The van der Waals surface area contributed by atoms with E-state index in [4.69, 9.17) is 21.4 Å². The van der Waals surface area contributed by atoms with Crippen molar-refractivity contribution in [2.45, 2.75) is 71.0 Å². The number of hydrogen-bond acceptors (Lipinski definition) is 4. The van der Waals surface area contributed by atoms with Gasteiger partial charge >= 0.3 is 0 Å². The van der Waals surface area contributed by atoms with Crippen molar-refractivity contribution in [2.24, 2.45) is 5.41 Å². The number of aromatic nitrogens is 2. The number of aryl methyl sites for hydroxylation is 1. The molecule has 2 aromatic carbocycles. The van der Waals surface area contributed by atoms with Crippen molar-refractivity contribution in [2.75, 3.05) is 26.7 Å². The van der Waals surface area contributed by atoms with Crippen LogP contribution in [0.15, 0.2) is 60.9 Å². The zero-order chi connectivity index (χ0) is 27.2. The second-order valence-electron chi connectivity index (χ2n) is 11.7. The number of likely N-dealkylation sites (tertiary alicyclic amines) is 1. The van der Waals surface area contributed by atoms with E-state index in [-0.39, 0.29) is 11.3 Å². The van der Waals surface area contributed by atoms with Crippen molar-refractivity contribution >= 4 is 17.5 Å². The SMILES string of the molecule is Cc1cc(OC[C@@]2(CC(=O)N(C)Cc3ccccc3)CCCN(Cc3cnn(C4CCCC4)c3)C2)ccc1Cl. The van der Waals surface area contributed by atoms with Crippen LogP contribution in [0.2, 0.25) is 5.02 Å². The largest absolute Gasteiger partial charge is 0.493 e. The van der Waals surface area contributed by atoms with Gasteiger partial charge in [-0.05, 0) is 68.5 Å². The molecule has 2 aliphatic rings. The second kappa shape index (κ2) is 12.6. The highest BCUT2D eigenvalue weighted by Crippen LogP contribution is 2.36. The van der Waals surface area contributed by atoms with Crippen LogP contribution in [0.4, 0.5) is 0 Å². The van der Waals surface area contributed by atoms with Crippen molar-refractivity contribution in [1.82, 2.24) is 19.6 Å². The number of ether oxygens (including phenoxy) is 1. The fraction of sp³-hybridized carbons (Fsp3) is 0.500. The summed E-state index contributed by atoms with van der Waals surface area (Å²) in [6, 6.07) is 16.5. The lowest BCUT2D eigenvalue weighted by Gasteiger charge is -2.43. The molecule has 0 spiro atoms. The van der Waals surface area contributed by atoms with Gasteiger partial charge in [0.2, 0.25) is 5.91 Å². The highest BCUT2D eigenvalue weighted by atomic mass is 35.5. The molecule has 1 saturated heterocycles. The molecule has 0 radical (unpaired) electrons. The summed E-state index contributed by atoms with van der Waals surface area (Å²) in [6.45, 7) is 5.78. The Balaban J connectivity index is 1.29. The molecule has 0 bridgehead atoms. The van der Waals surface area contributed by atoms with E-state index in [1.807, 2.05) is 61.5 Å². The normalized spacial score (nSPS) is 20.3. The highest BCUT2D eigenvalue weighted by Gasteiger charge is 2.39. The molecule has 7 heteroatoms. The van der Waals surface area contributed by atoms with E-state index in [1.165, 1.54) is 31.2 Å². The standard InChI is InChI=1S/C32H41ClN4O2/c1-25-17-29(13-14-30(25)33)39-24-32(18-31(38)35(2)20-26-9-4-3-5-10-26)15-8-16-36(23-32)21-27-19-34-37(22-27)28-11-6-7-12-28/h3-5,9-10,13-14,17,19,22,28H,6-8,11-12,15-16,18,20-21,23-24H2,1-2H3/t32-/m1/s1. The molecule has 0 N–H and O–H groups in total. The Bertz CT molecular complexity index is 1240. The molecule has 1 atom stereocenters. The molecule has 39 heavy (non-hydrogen) atoms. The maximum Gasteiger partial charge on any atom is 0.223 e. The molecule has 1 aromatic heterocycles. The molecule has 208 valence electrons. The third kappa shape index (κ3) is 7.23. The van der Waals surface area contributed by atoms with E-state index in [0.717, 1.165) is 54.4 Å². The zero-order valence-corrected chi connectivity index (χ0v) is 24.1. The fourth-order valence-electron chi connectivity index (χ4n) is 6.19. The average Bonchev–Trinajstić information content (AvgIpc) is 3.63. The van der Waals surface area contributed by atoms with Gasteiger partial charge in [-0.25, -0.2) is 0 Å². The van der Waals surface area contributed by atoms with Crippen LogP contribution in [0, 0.1) is 12.3 Å². The summed E-state index contributed by atoms with van der Waals surface area (Å²) < 4.78 is 8.56. The number of benzene rings is 2. The average molecular weight is 549 g/mol. The predicted octanol–water partition coefficient (Wildman–Crippen LogP) is 6.67. The van der Waals surface area contributed by atoms with Crippen molar-refractivity contribution in [1.29, 1.82) is 0 Å². The van der Waals surface area contributed by atoms with E-state index in [9.17, 15) is 4.79 Å². The van der Waals surface area contributed by atoms with Gasteiger partial charge in [0, 0.05) is 55.3 Å². The van der Waals surface area contributed by atoms with Gasteiger partial charge in [0.15, 0.2) is 0 Å². The van der Waals surface area contributed by atoms with Crippen LogP contribution in [0.5, 0.6) is 5.75 Å². The molecule has 5 rings (SSSR count). The molecule has 6 nitrogen and oxygen atoms in total. The third-order valence-electron chi connectivity index (χ3n) is 8.39. The maximum absolute atomic E-state index is 13.6. The summed E-state index contributed by atoms with van der Waals surface area (Å²) in [5.74, 6) is 0.960. The van der Waals surface area contributed by atoms with Gasteiger partial charge in [-0.15, -0.1) is 0 Å². The number of hydrogen-bond donors (Lipinski definition) is 0. The summed E-state index contributed by atoms with van der Waals surface area (Å²) in [5, 5.41) is 5.43. The Morgan fingerprint density at radius 1 is 1.13 bits per heavy atom. The van der Waals surface area contributed by atoms with Gasteiger partial charge in [-0.1, -0.05) is 54.8 Å². The first-order valence-corrected chi connectivity index (χ1v) is 14.7. The molecule has 2 heterocycles. The monoisotopic (exact) mass is 548 g/mol. The Morgan fingerprint density at radius 2 is 1.92 bits per heavy atom. The lowest BCUT2D eigenvalue weighted by atomic mass is 9.77. The Hall–Kier alpha value is -2.83. The molecule has 1 amide bonds. The summed E-state index contributed by atoms with van der Waals surface area (Å²) >= 11 is 6.25. The van der Waals surface area contributed by atoms with Gasteiger partial charge in [0.1, 0.15) is 5.75 Å². The number of piperidine rings is 1. The molecule has 0 unspecified atom stereocenters. The first-order valence-electron chi connectivity index (χ1n) is 14.3. The molecular weight excluding hydrogens is 508 g/mol. The second-order valence-corrected chi connectivity index (χ2v) is 12.1. The molecule has 1 aliphatic carbocycles. The van der Waals surface area contributed by atoms with Crippen molar-refractivity contribution in [3.63, 3.8) is 0 Å². The van der Waals surface area contributed by atoms with Gasteiger partial charge in [-0.3, -0.25) is 14.4 Å². The Labute approximate surface area is 237 Å². The number of halogens is 1. The topological polar surface area (TPSA) is 50.6 Å². The molecule has 3 aromatic rings. The molecular formula is C32H41ClN4O2. The van der Waals surface area contributed by atoms with Crippen molar-refractivity contribution < 1.29 is 9.53 Å². The van der Waals surface area contributed by atoms with Crippen LogP contribution >= 0.6 is 11.6 Å². The first kappa shape index (κ1) is 27.7. The number of carbonyl (C=O) groups is 1. The van der Waals surface area contributed by atoms with Crippen LogP contribution in [0.3, 0.4) is 0 Å². The lowest BCUT2D eigenvalue weighted by molar-refractivity contribution is -0.135. The Kier molecular flexibility index (Phi) is 8.93. The minimum Gasteiger partial charge on any atom is -0.493 e. The number of rotatable bonds is 10. The summed E-state index contributed by atoms with van der Waals surface area (Å²) in [4.78, 5) is 17.9. The minimum absolute atomic E-state index is 0.158. The fourth-order valence-corrected chi connectivity index (χ4v) is 6.31. The summed E-state index contributed by atoms with van der Waals surface area (Å²) in [6.07, 6.45) is 11.8. The molecule has 1 saturated carbocycles. The third-order valence-corrected chi connectivity index (χ3v) is 8.81. The van der Waals surface area contributed by atoms with Crippen LogP contribution in [-0.2, 0) is 17.9 Å². The lowest BCUT2D eigenvalue weighted by Crippen LogP contribution is -2.48. The number of nitrogens with zero attached hydrogens (tertiary/aromatic N) is 4. The van der Waals surface area contributed by atoms with Crippen LogP contribution in [0.1, 0.15) is 67.7 Å². The van der Waals surface area contributed by atoms with Gasteiger partial charge in [-0.2, -0.15) is 5.10 Å². The summed E-state index contributed by atoms with van der Waals surface area (Å²) in [5.41, 5.74) is 3.11. The van der Waals surface area contributed by atoms with Crippen molar-refractivity contribution in [3.05, 3.63) is 82.6 Å². The highest BCUT2D eigenvalue weighted by molar-refractivity contribution is 6.31. The van der Waals surface area contributed by atoms with Gasteiger partial charge < -0.3 is 9.64 Å². The van der Waals surface area contributed by atoms with E-state index >= 15 is 0 Å². The quantitative estimate of drug-likeness (QED) is 0.284. The number of amides is 1. The summed E-state index contributed by atoms with van der Waals surface area (Å²) in [7, 11) is 1.91. The van der Waals surface area contributed by atoms with E-state index < -0.39 is 0 Å². The number of carbonyl (C=O) groups excluding carboxylic acids is 1. The van der Waals surface area contributed by atoms with Gasteiger partial charge in [0.05, 0.1) is 18.8 Å². The van der Waals surface area contributed by atoms with E-state index in [0.29, 0.717) is 25.6 Å². The maximum atomic E-state index is 13.6. The van der Waals surface area contributed by atoms with E-state index in [2.05, 4.69) is 27.9 Å². The van der Waals surface area contributed by atoms with Gasteiger partial charge in [0.25, 0.3) is 0 Å². The molecule has 2 fully saturated rings. The Morgan fingerprint density at radius 3 is 2.69 bits per heavy atom. The zero-order valence-electron chi connectivity index (χ0n) is 23.3. The van der Waals surface area contributed by atoms with Crippen LogP contribution < -0.4 is 4.74 Å². The minimum atomic E-state index is -0.269. The molecule has 1 aliphatic heterocycles.